The average Bonchev–Trinajstić information content (AvgIpc) is 3.18. The minimum Gasteiger partial charge on any atom is -0.497 e. The van der Waals surface area contributed by atoms with E-state index in [4.69, 9.17) is 4.74 Å². The lowest BCUT2D eigenvalue weighted by atomic mass is 10.1. The van der Waals surface area contributed by atoms with E-state index in [0.717, 1.165) is 28.3 Å². The third-order valence-corrected chi connectivity index (χ3v) is 5.82. The zero-order chi connectivity index (χ0) is 21.8. The fraction of sp³-hybridized carbons (Fsp3) is 0.217. The maximum Gasteiger partial charge on any atom is 0.294 e. The summed E-state index contributed by atoms with van der Waals surface area (Å²) in [5.74, 6) is 0.462. The SMILES string of the molecule is COc1ccc(-c2nn(CC(=O)NCCc3ccccc3)c(=O)c3nc(C)sc23)cc1. The quantitative estimate of drug-likeness (QED) is 0.483. The molecule has 0 saturated carbocycles. The Balaban J connectivity index is 1.59. The van der Waals surface area contributed by atoms with Gasteiger partial charge in [-0.1, -0.05) is 30.3 Å². The molecule has 2 heterocycles. The monoisotopic (exact) mass is 434 g/mol. The van der Waals surface area contributed by atoms with Crippen molar-refractivity contribution in [2.75, 3.05) is 13.7 Å². The summed E-state index contributed by atoms with van der Waals surface area (Å²) in [6, 6.07) is 17.3. The molecule has 0 spiro atoms. The molecule has 0 bridgehead atoms. The summed E-state index contributed by atoms with van der Waals surface area (Å²) in [7, 11) is 1.61. The Labute approximate surface area is 183 Å². The van der Waals surface area contributed by atoms with Crippen LogP contribution >= 0.6 is 11.3 Å². The van der Waals surface area contributed by atoms with E-state index in [2.05, 4.69) is 15.4 Å². The number of aromatic nitrogens is 3. The van der Waals surface area contributed by atoms with Gasteiger partial charge >= 0.3 is 0 Å². The molecule has 8 heteroatoms. The number of rotatable bonds is 7. The smallest absolute Gasteiger partial charge is 0.294 e. The summed E-state index contributed by atoms with van der Waals surface area (Å²) >= 11 is 1.42. The molecule has 7 nitrogen and oxygen atoms in total. The molecule has 0 fully saturated rings. The highest BCUT2D eigenvalue weighted by atomic mass is 32.1. The molecular formula is C23H22N4O3S. The molecule has 0 aliphatic rings. The summed E-state index contributed by atoms with van der Waals surface area (Å²) in [5, 5.41) is 8.15. The van der Waals surface area contributed by atoms with Crippen LogP contribution < -0.4 is 15.6 Å². The van der Waals surface area contributed by atoms with Gasteiger partial charge in [-0.15, -0.1) is 11.3 Å². The molecule has 0 unspecified atom stereocenters. The van der Waals surface area contributed by atoms with E-state index in [-0.39, 0.29) is 18.0 Å². The predicted molar refractivity (Wildman–Crippen MR) is 122 cm³/mol. The van der Waals surface area contributed by atoms with Gasteiger partial charge in [0.15, 0.2) is 5.52 Å². The van der Waals surface area contributed by atoms with Crippen LogP contribution in [0.2, 0.25) is 0 Å². The first-order valence-electron chi connectivity index (χ1n) is 9.88. The zero-order valence-electron chi connectivity index (χ0n) is 17.3. The van der Waals surface area contributed by atoms with Crippen LogP contribution in [-0.4, -0.2) is 34.3 Å². The third kappa shape index (κ3) is 4.64. The van der Waals surface area contributed by atoms with Crippen LogP contribution in [0.5, 0.6) is 5.75 Å². The lowest BCUT2D eigenvalue weighted by Crippen LogP contribution is -2.35. The molecule has 0 saturated heterocycles. The maximum absolute atomic E-state index is 12.9. The fourth-order valence-corrected chi connectivity index (χ4v) is 4.21. The molecular weight excluding hydrogens is 412 g/mol. The van der Waals surface area contributed by atoms with Crippen LogP contribution in [0.25, 0.3) is 21.5 Å². The summed E-state index contributed by atoms with van der Waals surface area (Å²) in [6.07, 6.45) is 0.719. The highest BCUT2D eigenvalue weighted by molar-refractivity contribution is 7.19. The van der Waals surface area contributed by atoms with Gasteiger partial charge in [-0.05, 0) is 43.2 Å². The first-order valence-corrected chi connectivity index (χ1v) is 10.7. The highest BCUT2D eigenvalue weighted by Gasteiger charge is 2.18. The number of aryl methyl sites for hydroxylation is 1. The van der Waals surface area contributed by atoms with Crippen molar-refractivity contribution in [1.82, 2.24) is 20.1 Å². The maximum atomic E-state index is 12.9. The molecule has 4 aromatic rings. The molecule has 0 aliphatic heterocycles. The first-order chi connectivity index (χ1) is 15.0. The number of hydrogen-bond acceptors (Lipinski definition) is 6. The van der Waals surface area contributed by atoms with E-state index >= 15 is 0 Å². The minimum atomic E-state index is -0.366. The van der Waals surface area contributed by atoms with Crippen LogP contribution in [0.3, 0.4) is 0 Å². The van der Waals surface area contributed by atoms with Crippen molar-refractivity contribution in [2.24, 2.45) is 0 Å². The van der Waals surface area contributed by atoms with Gasteiger partial charge in [-0.25, -0.2) is 9.67 Å². The van der Waals surface area contributed by atoms with Crippen LogP contribution in [0.15, 0.2) is 59.4 Å². The molecule has 0 aliphatic carbocycles. The normalized spacial score (nSPS) is 10.9. The lowest BCUT2D eigenvalue weighted by Gasteiger charge is -2.10. The first kappa shape index (κ1) is 20.7. The highest BCUT2D eigenvalue weighted by Crippen LogP contribution is 2.30. The largest absolute Gasteiger partial charge is 0.497 e. The Hall–Kier alpha value is -3.52. The topological polar surface area (TPSA) is 86.1 Å². The summed E-state index contributed by atoms with van der Waals surface area (Å²) in [5.41, 5.74) is 2.56. The van der Waals surface area contributed by atoms with Crippen molar-refractivity contribution in [1.29, 1.82) is 0 Å². The van der Waals surface area contributed by atoms with Crippen LogP contribution in [0.4, 0.5) is 0 Å². The van der Waals surface area contributed by atoms with Gasteiger partial charge in [0.25, 0.3) is 5.56 Å². The molecule has 2 aromatic heterocycles. The van der Waals surface area contributed by atoms with Gasteiger partial charge in [0, 0.05) is 12.1 Å². The fourth-order valence-electron chi connectivity index (χ4n) is 3.29. The second kappa shape index (κ2) is 9.09. The molecule has 2 aromatic carbocycles. The number of amides is 1. The molecule has 1 amide bonds. The number of nitrogens with one attached hydrogen (secondary N) is 1. The number of carbonyl (C=O) groups is 1. The Morgan fingerprint density at radius 2 is 1.87 bits per heavy atom. The number of ether oxygens (including phenoxy) is 1. The zero-order valence-corrected chi connectivity index (χ0v) is 18.1. The number of thiazole rings is 1. The van der Waals surface area contributed by atoms with Gasteiger partial charge in [0.1, 0.15) is 18.0 Å². The van der Waals surface area contributed by atoms with Crippen LogP contribution in [0, 0.1) is 6.92 Å². The summed E-state index contributed by atoms with van der Waals surface area (Å²) in [4.78, 5) is 29.8. The summed E-state index contributed by atoms with van der Waals surface area (Å²) < 4.78 is 7.13. The number of nitrogens with zero attached hydrogens (tertiary/aromatic N) is 3. The standard InChI is InChI=1S/C23H22N4O3S/c1-15-25-21-22(31-15)20(17-8-10-18(30-2)11-9-17)26-27(23(21)29)14-19(28)24-13-12-16-6-4-3-5-7-16/h3-11H,12-14H2,1-2H3,(H,24,28). The predicted octanol–water partition coefficient (Wildman–Crippen LogP) is 3.20. The van der Waals surface area contributed by atoms with Crippen molar-refractivity contribution in [3.63, 3.8) is 0 Å². The van der Waals surface area contributed by atoms with Gasteiger partial charge in [0.2, 0.25) is 5.91 Å². The van der Waals surface area contributed by atoms with E-state index in [9.17, 15) is 9.59 Å². The molecule has 0 atom stereocenters. The lowest BCUT2D eigenvalue weighted by molar-refractivity contribution is -0.121. The second-order valence-corrected chi connectivity index (χ2v) is 8.24. The van der Waals surface area contributed by atoms with Gasteiger partial charge in [0.05, 0.1) is 16.8 Å². The van der Waals surface area contributed by atoms with Crippen molar-refractivity contribution in [3.8, 4) is 17.0 Å². The van der Waals surface area contributed by atoms with E-state index in [1.54, 1.807) is 7.11 Å². The van der Waals surface area contributed by atoms with E-state index in [0.29, 0.717) is 22.5 Å². The molecule has 1 N–H and O–H groups in total. The van der Waals surface area contributed by atoms with Crippen LogP contribution in [-0.2, 0) is 17.8 Å². The average molecular weight is 435 g/mol. The van der Waals surface area contributed by atoms with E-state index in [1.165, 1.54) is 16.0 Å². The van der Waals surface area contributed by atoms with Gasteiger partial charge < -0.3 is 10.1 Å². The molecule has 31 heavy (non-hydrogen) atoms. The third-order valence-electron chi connectivity index (χ3n) is 4.84. The number of carbonyl (C=O) groups excluding carboxylic acids is 1. The van der Waals surface area contributed by atoms with Crippen LogP contribution in [0.1, 0.15) is 10.6 Å². The van der Waals surface area contributed by atoms with Gasteiger partial charge in [-0.3, -0.25) is 9.59 Å². The Morgan fingerprint density at radius 1 is 1.13 bits per heavy atom. The number of fused-ring (bicyclic) bond motifs is 1. The van der Waals surface area contributed by atoms with Gasteiger partial charge in [-0.2, -0.15) is 5.10 Å². The van der Waals surface area contributed by atoms with Crippen molar-refractivity contribution < 1.29 is 9.53 Å². The molecule has 0 radical (unpaired) electrons. The van der Waals surface area contributed by atoms with E-state index < -0.39 is 0 Å². The van der Waals surface area contributed by atoms with Crippen molar-refractivity contribution in [3.05, 3.63) is 75.5 Å². The molecule has 4 rings (SSSR count). The Bertz CT molecular complexity index is 1260. The second-order valence-electron chi connectivity index (χ2n) is 7.04. The van der Waals surface area contributed by atoms with Crippen molar-refractivity contribution in [2.45, 2.75) is 19.9 Å². The molecule has 158 valence electrons. The number of benzene rings is 2. The minimum absolute atomic E-state index is 0.163. The number of hydrogen-bond donors (Lipinski definition) is 1. The Morgan fingerprint density at radius 3 is 2.58 bits per heavy atom. The van der Waals surface area contributed by atoms with E-state index in [1.807, 2.05) is 61.5 Å². The van der Waals surface area contributed by atoms with Crippen molar-refractivity contribution >= 4 is 27.5 Å². The Kier molecular flexibility index (Phi) is 6.08. The summed E-state index contributed by atoms with van der Waals surface area (Å²) in [6.45, 7) is 2.17. The number of methoxy groups -OCH3 is 1.